The van der Waals surface area contributed by atoms with Crippen LogP contribution in [0.2, 0.25) is 0 Å². The molecule has 0 spiro atoms. The normalized spacial score (nSPS) is 20.0. The van der Waals surface area contributed by atoms with Crippen molar-refractivity contribution < 1.29 is 4.79 Å². The summed E-state index contributed by atoms with van der Waals surface area (Å²) in [6.45, 7) is 5.12. The number of nitrogens with one attached hydrogen (secondary N) is 1. The molecule has 3 heteroatoms. The molecule has 0 aromatic heterocycles. The molecule has 0 radical (unpaired) electrons. The Bertz CT molecular complexity index is 417. The molecule has 1 aliphatic heterocycles. The maximum Gasteiger partial charge on any atom is 0.224 e. The van der Waals surface area contributed by atoms with Gasteiger partial charge in [-0.05, 0) is 44.0 Å². The van der Waals surface area contributed by atoms with Gasteiger partial charge in [0.2, 0.25) is 5.91 Å². The summed E-state index contributed by atoms with van der Waals surface area (Å²) in [5.74, 6) is 0.759. The summed E-state index contributed by atoms with van der Waals surface area (Å²) in [7, 11) is 2.13. The third-order valence-corrected chi connectivity index (χ3v) is 3.69. The summed E-state index contributed by atoms with van der Waals surface area (Å²) in [6.07, 6.45) is 1.69. The van der Waals surface area contributed by atoms with Crippen molar-refractivity contribution in [3.63, 3.8) is 0 Å². The van der Waals surface area contributed by atoms with Gasteiger partial charge in [-0.2, -0.15) is 0 Å². The minimum atomic E-state index is 0.138. The number of amides is 1. The van der Waals surface area contributed by atoms with Gasteiger partial charge < -0.3 is 10.2 Å². The molecule has 1 amide bonds. The van der Waals surface area contributed by atoms with Gasteiger partial charge in [0.05, 0.1) is 6.42 Å². The van der Waals surface area contributed by atoms with Crippen LogP contribution in [0.1, 0.15) is 17.5 Å². The van der Waals surface area contributed by atoms with Crippen molar-refractivity contribution >= 4 is 5.91 Å². The van der Waals surface area contributed by atoms with E-state index in [4.69, 9.17) is 0 Å². The number of benzene rings is 1. The molecule has 1 fully saturated rings. The predicted octanol–water partition coefficient (Wildman–Crippen LogP) is 1.61. The Morgan fingerprint density at radius 1 is 1.44 bits per heavy atom. The number of aryl methyl sites for hydroxylation is 1. The first-order valence-electron chi connectivity index (χ1n) is 6.65. The van der Waals surface area contributed by atoms with E-state index in [9.17, 15) is 4.79 Å². The summed E-state index contributed by atoms with van der Waals surface area (Å²) in [6, 6.07) is 8.07. The van der Waals surface area contributed by atoms with Crippen molar-refractivity contribution in [2.45, 2.75) is 19.8 Å². The standard InChI is InChI=1S/C15H22N2O/c1-12-5-3-4-6-14(12)9-15(18)16-10-13-7-8-17(2)11-13/h3-6,13H,7-11H2,1-2H3,(H,16,18). The van der Waals surface area contributed by atoms with Crippen LogP contribution in [0.4, 0.5) is 0 Å². The summed E-state index contributed by atoms with van der Waals surface area (Å²) < 4.78 is 0. The number of hydrogen-bond donors (Lipinski definition) is 1. The number of nitrogens with zero attached hydrogens (tertiary/aromatic N) is 1. The lowest BCUT2D eigenvalue weighted by atomic mass is 10.1. The van der Waals surface area contributed by atoms with Crippen molar-refractivity contribution in [2.75, 3.05) is 26.7 Å². The molecular weight excluding hydrogens is 224 g/mol. The summed E-state index contributed by atoms with van der Waals surface area (Å²) in [5, 5.41) is 3.06. The van der Waals surface area contributed by atoms with Gasteiger partial charge in [0.1, 0.15) is 0 Å². The molecule has 0 saturated carbocycles. The second kappa shape index (κ2) is 6.01. The van der Waals surface area contributed by atoms with Gasteiger partial charge in [0.25, 0.3) is 0 Å². The molecule has 2 rings (SSSR count). The van der Waals surface area contributed by atoms with Gasteiger partial charge in [-0.25, -0.2) is 0 Å². The average Bonchev–Trinajstić information content (AvgIpc) is 2.76. The van der Waals surface area contributed by atoms with Crippen molar-refractivity contribution in [3.8, 4) is 0 Å². The van der Waals surface area contributed by atoms with E-state index in [-0.39, 0.29) is 5.91 Å². The third kappa shape index (κ3) is 3.57. The highest BCUT2D eigenvalue weighted by Crippen LogP contribution is 2.13. The lowest BCUT2D eigenvalue weighted by Crippen LogP contribution is -2.31. The van der Waals surface area contributed by atoms with E-state index in [0.29, 0.717) is 12.3 Å². The van der Waals surface area contributed by atoms with E-state index < -0.39 is 0 Å². The monoisotopic (exact) mass is 246 g/mol. The predicted molar refractivity (Wildman–Crippen MR) is 73.5 cm³/mol. The van der Waals surface area contributed by atoms with Gasteiger partial charge in [-0.1, -0.05) is 24.3 Å². The molecule has 0 bridgehead atoms. The van der Waals surface area contributed by atoms with Crippen molar-refractivity contribution in [1.82, 2.24) is 10.2 Å². The van der Waals surface area contributed by atoms with Gasteiger partial charge in [0.15, 0.2) is 0 Å². The van der Waals surface area contributed by atoms with Crippen LogP contribution < -0.4 is 5.32 Å². The molecule has 0 aliphatic carbocycles. The summed E-state index contributed by atoms with van der Waals surface area (Å²) in [5.41, 5.74) is 2.31. The van der Waals surface area contributed by atoms with E-state index >= 15 is 0 Å². The second-order valence-electron chi connectivity index (χ2n) is 5.32. The van der Waals surface area contributed by atoms with Crippen LogP contribution >= 0.6 is 0 Å². The first-order valence-corrected chi connectivity index (χ1v) is 6.65. The van der Waals surface area contributed by atoms with E-state index in [1.54, 1.807) is 0 Å². The smallest absolute Gasteiger partial charge is 0.224 e. The Kier molecular flexibility index (Phi) is 4.37. The summed E-state index contributed by atoms with van der Waals surface area (Å²) >= 11 is 0. The topological polar surface area (TPSA) is 32.3 Å². The van der Waals surface area contributed by atoms with Gasteiger partial charge in [0, 0.05) is 13.1 Å². The highest BCUT2D eigenvalue weighted by molar-refractivity contribution is 5.78. The fraction of sp³-hybridized carbons (Fsp3) is 0.533. The zero-order chi connectivity index (χ0) is 13.0. The van der Waals surface area contributed by atoms with Gasteiger partial charge in [-0.3, -0.25) is 4.79 Å². The summed E-state index contributed by atoms with van der Waals surface area (Å²) in [4.78, 5) is 14.2. The Hall–Kier alpha value is -1.35. The molecular formula is C15H22N2O. The molecule has 1 aliphatic rings. The van der Waals surface area contributed by atoms with Gasteiger partial charge >= 0.3 is 0 Å². The average molecular weight is 246 g/mol. The lowest BCUT2D eigenvalue weighted by molar-refractivity contribution is -0.120. The molecule has 98 valence electrons. The Balaban J connectivity index is 1.77. The minimum absolute atomic E-state index is 0.138. The molecule has 1 heterocycles. The maximum atomic E-state index is 11.9. The SMILES string of the molecule is Cc1ccccc1CC(=O)NCC1CCN(C)C1. The Morgan fingerprint density at radius 3 is 2.89 bits per heavy atom. The number of hydrogen-bond acceptors (Lipinski definition) is 2. The van der Waals surface area contributed by atoms with Crippen molar-refractivity contribution in [2.24, 2.45) is 5.92 Å². The molecule has 3 nitrogen and oxygen atoms in total. The maximum absolute atomic E-state index is 11.9. The molecule has 18 heavy (non-hydrogen) atoms. The molecule has 1 unspecified atom stereocenters. The first kappa shape index (κ1) is 13.1. The highest BCUT2D eigenvalue weighted by atomic mass is 16.1. The quantitative estimate of drug-likeness (QED) is 0.875. The van der Waals surface area contributed by atoms with Crippen LogP contribution in [0.25, 0.3) is 0 Å². The number of rotatable bonds is 4. The lowest BCUT2D eigenvalue weighted by Gasteiger charge is -2.12. The van der Waals surface area contributed by atoms with E-state index in [2.05, 4.69) is 30.3 Å². The fourth-order valence-electron chi connectivity index (χ4n) is 2.50. The Morgan fingerprint density at radius 2 is 2.22 bits per heavy atom. The van der Waals surface area contributed by atoms with Crippen LogP contribution in [0.5, 0.6) is 0 Å². The molecule has 1 N–H and O–H groups in total. The van der Waals surface area contributed by atoms with E-state index in [1.807, 2.05) is 18.2 Å². The van der Waals surface area contributed by atoms with Crippen LogP contribution in [0.15, 0.2) is 24.3 Å². The molecule has 1 aromatic rings. The zero-order valence-electron chi connectivity index (χ0n) is 11.3. The fourth-order valence-corrected chi connectivity index (χ4v) is 2.50. The van der Waals surface area contributed by atoms with Crippen LogP contribution in [-0.4, -0.2) is 37.5 Å². The molecule has 1 aromatic carbocycles. The minimum Gasteiger partial charge on any atom is -0.355 e. The Labute approximate surface area is 109 Å². The second-order valence-corrected chi connectivity index (χ2v) is 5.32. The number of carbonyl (C=O) groups excluding carboxylic acids is 1. The first-order chi connectivity index (χ1) is 8.65. The van der Waals surface area contributed by atoms with Crippen molar-refractivity contribution in [3.05, 3.63) is 35.4 Å². The molecule has 1 saturated heterocycles. The number of carbonyl (C=O) groups is 1. The largest absolute Gasteiger partial charge is 0.355 e. The zero-order valence-corrected chi connectivity index (χ0v) is 11.3. The molecule has 1 atom stereocenters. The van der Waals surface area contributed by atoms with Crippen LogP contribution in [-0.2, 0) is 11.2 Å². The third-order valence-electron chi connectivity index (χ3n) is 3.69. The van der Waals surface area contributed by atoms with E-state index in [0.717, 1.165) is 25.2 Å². The van der Waals surface area contributed by atoms with Gasteiger partial charge in [-0.15, -0.1) is 0 Å². The highest BCUT2D eigenvalue weighted by Gasteiger charge is 2.19. The van der Waals surface area contributed by atoms with Crippen LogP contribution in [0, 0.1) is 12.8 Å². The number of likely N-dealkylation sites (tertiary alicyclic amines) is 1. The van der Waals surface area contributed by atoms with Crippen LogP contribution in [0.3, 0.4) is 0 Å². The van der Waals surface area contributed by atoms with Crippen molar-refractivity contribution in [1.29, 1.82) is 0 Å². The van der Waals surface area contributed by atoms with E-state index in [1.165, 1.54) is 12.0 Å².